The van der Waals surface area contributed by atoms with Crippen molar-refractivity contribution in [1.29, 1.82) is 0 Å². The Morgan fingerprint density at radius 2 is 2.13 bits per heavy atom. The number of aromatic nitrogens is 3. The molecule has 1 aromatic heterocycles. The lowest BCUT2D eigenvalue weighted by Crippen LogP contribution is -2.21. The fraction of sp³-hybridized carbons (Fsp3) is 0.200. The molecule has 1 aromatic carbocycles. The van der Waals surface area contributed by atoms with Gasteiger partial charge in [-0.3, -0.25) is 0 Å². The number of hydrogen-bond donors (Lipinski definition) is 1. The number of aromatic amines is 1. The monoisotopic (exact) mass is 203 g/mol. The van der Waals surface area contributed by atoms with Gasteiger partial charge in [-0.15, -0.1) is 0 Å². The van der Waals surface area contributed by atoms with Gasteiger partial charge in [0.2, 0.25) is 0 Å². The van der Waals surface area contributed by atoms with Crippen LogP contribution in [0.25, 0.3) is 0 Å². The molecule has 0 amide bonds. The van der Waals surface area contributed by atoms with Gasteiger partial charge in [0.15, 0.2) is 17.6 Å². The topological polar surface area (TPSA) is 60.0 Å². The van der Waals surface area contributed by atoms with Crippen molar-refractivity contribution < 1.29 is 9.47 Å². The smallest absolute Gasteiger partial charge is 0.178 e. The molecule has 0 aliphatic carbocycles. The summed E-state index contributed by atoms with van der Waals surface area (Å²) in [6, 6.07) is 7.59. The first kappa shape index (κ1) is 8.28. The van der Waals surface area contributed by atoms with E-state index in [9.17, 15) is 0 Å². The molecule has 5 heteroatoms. The molecule has 1 aliphatic heterocycles. The third-order valence-corrected chi connectivity index (χ3v) is 2.27. The van der Waals surface area contributed by atoms with Gasteiger partial charge in [0.1, 0.15) is 12.3 Å². The van der Waals surface area contributed by atoms with Gasteiger partial charge in [-0.1, -0.05) is 12.1 Å². The lowest BCUT2D eigenvalue weighted by Gasteiger charge is -2.24. The van der Waals surface area contributed by atoms with Crippen LogP contribution in [0.3, 0.4) is 0 Å². The minimum atomic E-state index is -0.182. The summed E-state index contributed by atoms with van der Waals surface area (Å²) in [7, 11) is 0. The summed E-state index contributed by atoms with van der Waals surface area (Å²) in [4.78, 5) is 0. The van der Waals surface area contributed by atoms with Crippen molar-refractivity contribution in [2.24, 2.45) is 0 Å². The number of rotatable bonds is 1. The third-order valence-electron chi connectivity index (χ3n) is 2.27. The molecule has 2 heterocycles. The van der Waals surface area contributed by atoms with Gasteiger partial charge in [-0.05, 0) is 12.1 Å². The van der Waals surface area contributed by atoms with Crippen molar-refractivity contribution in [3.8, 4) is 11.5 Å². The summed E-state index contributed by atoms with van der Waals surface area (Å²) in [5.74, 6) is 1.52. The van der Waals surface area contributed by atoms with Crippen molar-refractivity contribution >= 4 is 0 Å². The lowest BCUT2D eigenvalue weighted by molar-refractivity contribution is 0.0882. The maximum Gasteiger partial charge on any atom is 0.178 e. The molecule has 2 aromatic rings. The average Bonchev–Trinajstić information content (AvgIpc) is 2.82. The highest BCUT2D eigenvalue weighted by atomic mass is 16.6. The zero-order chi connectivity index (χ0) is 10.1. The Labute approximate surface area is 86.0 Å². The van der Waals surface area contributed by atoms with Crippen LogP contribution < -0.4 is 9.47 Å². The number of ether oxygens (including phenoxy) is 2. The molecule has 0 fully saturated rings. The van der Waals surface area contributed by atoms with Gasteiger partial charge in [0.25, 0.3) is 0 Å². The van der Waals surface area contributed by atoms with Gasteiger partial charge >= 0.3 is 0 Å². The van der Waals surface area contributed by atoms with E-state index in [0.29, 0.717) is 6.61 Å². The Kier molecular flexibility index (Phi) is 1.81. The van der Waals surface area contributed by atoms with Crippen molar-refractivity contribution in [2.75, 3.05) is 6.61 Å². The van der Waals surface area contributed by atoms with Crippen LogP contribution in [0, 0.1) is 0 Å². The minimum absolute atomic E-state index is 0.182. The third kappa shape index (κ3) is 1.41. The zero-order valence-electron chi connectivity index (χ0n) is 7.88. The molecule has 1 aliphatic rings. The number of nitrogens with one attached hydrogen (secondary N) is 1. The van der Waals surface area contributed by atoms with E-state index in [1.807, 2.05) is 24.3 Å². The highest BCUT2D eigenvalue weighted by Crippen LogP contribution is 2.34. The molecule has 0 bridgehead atoms. The first-order valence-electron chi connectivity index (χ1n) is 4.67. The van der Waals surface area contributed by atoms with Crippen LogP contribution in [-0.2, 0) is 0 Å². The van der Waals surface area contributed by atoms with Crippen LogP contribution in [0.1, 0.15) is 11.8 Å². The van der Waals surface area contributed by atoms with E-state index in [-0.39, 0.29) is 6.10 Å². The number of fused-ring (bicyclic) bond motifs is 1. The van der Waals surface area contributed by atoms with Gasteiger partial charge in [0, 0.05) is 0 Å². The summed E-state index contributed by atoms with van der Waals surface area (Å²) < 4.78 is 11.3. The molecule has 0 saturated carbocycles. The van der Waals surface area contributed by atoms with E-state index in [1.54, 1.807) is 6.20 Å². The van der Waals surface area contributed by atoms with Gasteiger partial charge in [-0.2, -0.15) is 15.4 Å². The van der Waals surface area contributed by atoms with E-state index in [4.69, 9.17) is 9.47 Å². The molecule has 1 N–H and O–H groups in total. The van der Waals surface area contributed by atoms with Crippen LogP contribution in [0.2, 0.25) is 0 Å². The second kappa shape index (κ2) is 3.27. The van der Waals surface area contributed by atoms with Gasteiger partial charge < -0.3 is 9.47 Å². The number of nitrogens with zero attached hydrogens (tertiary/aromatic N) is 2. The zero-order valence-corrected chi connectivity index (χ0v) is 7.88. The van der Waals surface area contributed by atoms with Crippen LogP contribution >= 0.6 is 0 Å². The van der Waals surface area contributed by atoms with Crippen LogP contribution in [0.5, 0.6) is 11.5 Å². The maximum absolute atomic E-state index is 5.73. The highest BCUT2D eigenvalue weighted by molar-refractivity contribution is 5.41. The lowest BCUT2D eigenvalue weighted by atomic mass is 10.2. The van der Waals surface area contributed by atoms with Crippen LogP contribution in [-0.4, -0.2) is 22.0 Å². The first-order chi connectivity index (χ1) is 7.43. The van der Waals surface area contributed by atoms with Crippen molar-refractivity contribution in [3.05, 3.63) is 36.2 Å². The van der Waals surface area contributed by atoms with Crippen molar-refractivity contribution in [2.45, 2.75) is 6.10 Å². The first-order valence-corrected chi connectivity index (χ1v) is 4.67. The fourth-order valence-electron chi connectivity index (χ4n) is 1.53. The molecule has 15 heavy (non-hydrogen) atoms. The van der Waals surface area contributed by atoms with Crippen molar-refractivity contribution in [1.82, 2.24) is 15.4 Å². The Hall–Kier alpha value is -2.04. The van der Waals surface area contributed by atoms with E-state index >= 15 is 0 Å². The van der Waals surface area contributed by atoms with Gasteiger partial charge in [-0.25, -0.2) is 0 Å². The molecule has 5 nitrogen and oxygen atoms in total. The minimum Gasteiger partial charge on any atom is -0.485 e. The molecule has 3 rings (SSSR count). The van der Waals surface area contributed by atoms with Crippen molar-refractivity contribution in [3.63, 3.8) is 0 Å². The Morgan fingerprint density at radius 1 is 1.27 bits per heavy atom. The van der Waals surface area contributed by atoms with Crippen LogP contribution in [0.4, 0.5) is 0 Å². The summed E-state index contributed by atoms with van der Waals surface area (Å²) in [6.07, 6.45) is 1.46. The molecule has 0 radical (unpaired) electrons. The Morgan fingerprint density at radius 3 is 2.93 bits per heavy atom. The van der Waals surface area contributed by atoms with E-state index < -0.39 is 0 Å². The number of H-pyrrole nitrogens is 1. The summed E-state index contributed by atoms with van der Waals surface area (Å²) in [5, 5.41) is 10.3. The second-order valence-corrected chi connectivity index (χ2v) is 3.26. The number of hydrogen-bond acceptors (Lipinski definition) is 4. The fourth-order valence-corrected chi connectivity index (χ4v) is 1.53. The molecule has 1 unspecified atom stereocenters. The van der Waals surface area contributed by atoms with E-state index in [2.05, 4.69) is 15.4 Å². The summed E-state index contributed by atoms with van der Waals surface area (Å²) >= 11 is 0. The molecular formula is C10H9N3O2. The molecule has 0 spiro atoms. The molecule has 0 saturated heterocycles. The Balaban J connectivity index is 1.89. The predicted octanol–water partition coefficient (Wildman–Crippen LogP) is 1.32. The normalized spacial score (nSPS) is 18.8. The highest BCUT2D eigenvalue weighted by Gasteiger charge is 2.23. The maximum atomic E-state index is 5.73. The van der Waals surface area contributed by atoms with E-state index in [0.717, 1.165) is 17.2 Å². The summed E-state index contributed by atoms with van der Waals surface area (Å²) in [5.41, 5.74) is 0.754. The molecule has 76 valence electrons. The molecular weight excluding hydrogens is 194 g/mol. The standard InChI is InChI=1S/C10H9N3O2/c1-2-4-9-8(3-1)14-6-10(15-9)7-5-11-13-12-7/h1-5,10H,6H2,(H,11,12,13). The predicted molar refractivity (Wildman–Crippen MR) is 51.7 cm³/mol. The largest absolute Gasteiger partial charge is 0.485 e. The number of para-hydroxylation sites is 2. The van der Waals surface area contributed by atoms with Crippen LogP contribution in [0.15, 0.2) is 30.5 Å². The summed E-state index contributed by atoms with van der Waals surface area (Å²) in [6.45, 7) is 0.462. The SMILES string of the molecule is c1ccc2c(c1)OCC(c1cn[nH]n1)O2. The molecule has 1 atom stereocenters. The Bertz CT molecular complexity index is 455. The second-order valence-electron chi connectivity index (χ2n) is 3.26. The van der Waals surface area contributed by atoms with E-state index in [1.165, 1.54) is 0 Å². The average molecular weight is 203 g/mol. The number of benzene rings is 1. The van der Waals surface area contributed by atoms with Gasteiger partial charge in [0.05, 0.1) is 6.20 Å². The quantitative estimate of drug-likeness (QED) is 0.759.